The second-order valence-electron chi connectivity index (χ2n) is 8.47. The van der Waals surface area contributed by atoms with Crippen LogP contribution in [0.15, 0.2) is 72.8 Å². The van der Waals surface area contributed by atoms with Gasteiger partial charge in [0.05, 0.1) is 0 Å². The molecule has 0 saturated carbocycles. The van der Waals surface area contributed by atoms with E-state index < -0.39 is 25.4 Å². The molecule has 182 valence electrons. The van der Waals surface area contributed by atoms with Crippen LogP contribution >= 0.6 is 0 Å². The Balaban J connectivity index is 1.93. The summed E-state index contributed by atoms with van der Waals surface area (Å²) in [5.41, 5.74) is 4.66. The van der Waals surface area contributed by atoms with Gasteiger partial charge in [-0.15, -0.1) is 0 Å². The molecule has 0 aliphatic heterocycles. The maximum Gasteiger partial charge on any atom is 0.405 e. The van der Waals surface area contributed by atoms with Crippen molar-refractivity contribution in [1.29, 1.82) is 0 Å². The van der Waals surface area contributed by atoms with E-state index in [0.29, 0.717) is 11.4 Å². The quantitative estimate of drug-likeness (QED) is 0.261. The number of hydrogen-bond acceptors (Lipinski definition) is 2. The number of alkyl halides is 6. The topological polar surface area (TPSA) is 6.48 Å². The first-order chi connectivity index (χ1) is 15.8. The Morgan fingerprint density at radius 3 is 1.15 bits per heavy atom. The summed E-state index contributed by atoms with van der Waals surface area (Å²) in [7, 11) is 2.77. The van der Waals surface area contributed by atoms with E-state index in [1.165, 1.54) is 14.1 Å². The maximum absolute atomic E-state index is 12.7. The first-order valence-electron chi connectivity index (χ1n) is 10.6. The van der Waals surface area contributed by atoms with Gasteiger partial charge < -0.3 is 9.80 Å². The lowest BCUT2D eigenvalue weighted by molar-refractivity contribution is -0.120. The van der Waals surface area contributed by atoms with Gasteiger partial charge in [0.1, 0.15) is 13.1 Å². The van der Waals surface area contributed by atoms with E-state index >= 15 is 0 Å². The van der Waals surface area contributed by atoms with E-state index in [-0.39, 0.29) is 5.92 Å². The van der Waals surface area contributed by atoms with Gasteiger partial charge in [-0.2, -0.15) is 26.3 Å². The minimum Gasteiger partial charge on any atom is -0.366 e. The SMILES string of the molecule is Cc1ccc(C(c2ccc(N(C)CC(F)(F)F)cc2)c2ccc(N(C)CC(F)(F)F)cc2)cc1. The van der Waals surface area contributed by atoms with Crippen LogP contribution in [0.4, 0.5) is 37.7 Å². The number of hydrogen-bond donors (Lipinski definition) is 0. The fourth-order valence-corrected chi connectivity index (χ4v) is 3.90. The Morgan fingerprint density at radius 2 is 0.853 bits per heavy atom. The van der Waals surface area contributed by atoms with E-state index in [0.717, 1.165) is 32.1 Å². The van der Waals surface area contributed by atoms with Crippen molar-refractivity contribution in [2.45, 2.75) is 25.2 Å². The zero-order valence-electron chi connectivity index (χ0n) is 19.1. The van der Waals surface area contributed by atoms with Crippen LogP contribution in [0, 0.1) is 6.92 Å². The van der Waals surface area contributed by atoms with Gasteiger partial charge in [0.2, 0.25) is 0 Å². The van der Waals surface area contributed by atoms with Crippen LogP contribution in [0.5, 0.6) is 0 Å². The molecular weight excluding hydrogens is 454 g/mol. The van der Waals surface area contributed by atoms with E-state index in [2.05, 4.69) is 0 Å². The molecule has 0 unspecified atom stereocenters. The molecule has 3 aromatic rings. The van der Waals surface area contributed by atoms with Crippen LogP contribution in [-0.4, -0.2) is 39.5 Å². The summed E-state index contributed by atoms with van der Waals surface area (Å²) < 4.78 is 76.5. The Morgan fingerprint density at radius 1 is 0.559 bits per heavy atom. The standard InChI is InChI=1S/C26H26F6N2/c1-18-4-6-19(7-5-18)24(20-8-12-22(13-9-20)33(2)16-25(27,28)29)21-10-14-23(15-11-21)34(3)17-26(30,31)32/h4-15,24H,16-17H2,1-3H3. The lowest BCUT2D eigenvalue weighted by Crippen LogP contribution is -2.30. The van der Waals surface area contributed by atoms with Crippen molar-refractivity contribution in [2.24, 2.45) is 0 Å². The predicted molar refractivity (Wildman–Crippen MR) is 124 cm³/mol. The largest absolute Gasteiger partial charge is 0.405 e. The lowest BCUT2D eigenvalue weighted by Gasteiger charge is -2.24. The molecule has 3 rings (SSSR count). The number of nitrogens with zero attached hydrogens (tertiary/aromatic N) is 2. The maximum atomic E-state index is 12.7. The molecule has 0 N–H and O–H groups in total. The first-order valence-corrected chi connectivity index (χ1v) is 10.6. The van der Waals surface area contributed by atoms with Crippen LogP contribution in [-0.2, 0) is 0 Å². The first kappa shape index (κ1) is 25.5. The molecule has 0 radical (unpaired) electrons. The van der Waals surface area contributed by atoms with Gasteiger partial charge in [-0.1, -0.05) is 54.1 Å². The Labute approximate surface area is 195 Å². The molecular formula is C26H26F6N2. The van der Waals surface area contributed by atoms with Gasteiger partial charge in [0.25, 0.3) is 0 Å². The van der Waals surface area contributed by atoms with Crippen LogP contribution in [0.2, 0.25) is 0 Å². The van der Waals surface area contributed by atoms with E-state index in [1.807, 2.05) is 31.2 Å². The predicted octanol–water partition coefficient (Wildman–Crippen LogP) is 7.17. The van der Waals surface area contributed by atoms with Gasteiger partial charge >= 0.3 is 12.4 Å². The molecule has 0 bridgehead atoms. The minimum absolute atomic E-state index is 0.232. The second-order valence-corrected chi connectivity index (χ2v) is 8.47. The number of aryl methyl sites for hydroxylation is 1. The third-order valence-corrected chi connectivity index (χ3v) is 5.58. The van der Waals surface area contributed by atoms with Crippen LogP contribution in [0.25, 0.3) is 0 Å². The molecule has 2 nitrogen and oxygen atoms in total. The average Bonchev–Trinajstić information content (AvgIpc) is 2.74. The number of halogens is 6. The van der Waals surface area contributed by atoms with Crippen LogP contribution in [0.3, 0.4) is 0 Å². The number of anilines is 2. The highest BCUT2D eigenvalue weighted by atomic mass is 19.4. The molecule has 0 heterocycles. The molecule has 0 aromatic heterocycles. The Kier molecular flexibility index (Phi) is 7.48. The van der Waals surface area contributed by atoms with Crippen LogP contribution < -0.4 is 9.80 Å². The second kappa shape index (κ2) is 9.99. The third-order valence-electron chi connectivity index (χ3n) is 5.58. The monoisotopic (exact) mass is 480 g/mol. The zero-order valence-corrected chi connectivity index (χ0v) is 19.1. The van der Waals surface area contributed by atoms with E-state index in [4.69, 9.17) is 0 Å². The molecule has 0 amide bonds. The number of benzene rings is 3. The normalized spacial score (nSPS) is 12.2. The van der Waals surface area contributed by atoms with Crippen molar-refractivity contribution in [3.63, 3.8) is 0 Å². The van der Waals surface area contributed by atoms with Crippen molar-refractivity contribution < 1.29 is 26.3 Å². The summed E-state index contributed by atoms with van der Waals surface area (Å²) in [5.74, 6) is -0.232. The molecule has 0 aliphatic rings. The summed E-state index contributed by atoms with van der Waals surface area (Å²) in [6, 6.07) is 21.6. The van der Waals surface area contributed by atoms with Gasteiger partial charge in [-0.3, -0.25) is 0 Å². The van der Waals surface area contributed by atoms with Crippen molar-refractivity contribution in [3.05, 3.63) is 95.1 Å². The molecule has 0 aliphatic carbocycles. The lowest BCUT2D eigenvalue weighted by atomic mass is 9.84. The molecule has 34 heavy (non-hydrogen) atoms. The van der Waals surface area contributed by atoms with E-state index in [9.17, 15) is 26.3 Å². The van der Waals surface area contributed by atoms with Gasteiger partial charge in [-0.25, -0.2) is 0 Å². The Bertz CT molecular complexity index is 989. The molecule has 0 atom stereocenters. The molecule has 0 spiro atoms. The van der Waals surface area contributed by atoms with Gasteiger partial charge in [0, 0.05) is 31.4 Å². The van der Waals surface area contributed by atoms with Crippen LogP contribution in [0.1, 0.15) is 28.2 Å². The molecule has 0 fully saturated rings. The zero-order chi connectivity index (χ0) is 25.1. The number of rotatable bonds is 7. The van der Waals surface area contributed by atoms with Gasteiger partial charge in [-0.05, 0) is 47.9 Å². The fourth-order valence-electron chi connectivity index (χ4n) is 3.90. The van der Waals surface area contributed by atoms with Crippen molar-refractivity contribution in [1.82, 2.24) is 0 Å². The summed E-state index contributed by atoms with van der Waals surface area (Å²) in [5, 5.41) is 0. The highest BCUT2D eigenvalue weighted by molar-refractivity contribution is 5.54. The van der Waals surface area contributed by atoms with E-state index in [1.54, 1.807) is 48.5 Å². The third kappa shape index (κ3) is 6.92. The molecule has 8 heteroatoms. The fraction of sp³-hybridized carbons (Fsp3) is 0.308. The van der Waals surface area contributed by atoms with Crippen molar-refractivity contribution >= 4 is 11.4 Å². The summed E-state index contributed by atoms with van der Waals surface area (Å²) in [6.07, 6.45) is -8.61. The molecule has 3 aromatic carbocycles. The molecule has 0 saturated heterocycles. The summed E-state index contributed by atoms with van der Waals surface area (Å²) in [4.78, 5) is 2.27. The highest BCUT2D eigenvalue weighted by Gasteiger charge is 2.30. The van der Waals surface area contributed by atoms with Crippen molar-refractivity contribution in [2.75, 3.05) is 37.0 Å². The smallest absolute Gasteiger partial charge is 0.366 e. The summed E-state index contributed by atoms with van der Waals surface area (Å²) >= 11 is 0. The Hall–Kier alpha value is -3.16. The minimum atomic E-state index is -4.31. The van der Waals surface area contributed by atoms with Crippen molar-refractivity contribution in [3.8, 4) is 0 Å². The average molecular weight is 480 g/mol. The summed E-state index contributed by atoms with van der Waals surface area (Å²) in [6.45, 7) is -0.142. The highest BCUT2D eigenvalue weighted by Crippen LogP contribution is 2.34. The van der Waals surface area contributed by atoms with Gasteiger partial charge in [0.15, 0.2) is 0 Å².